The lowest BCUT2D eigenvalue weighted by Crippen LogP contribution is -2.33. The Labute approximate surface area is 141 Å². The van der Waals surface area contributed by atoms with Gasteiger partial charge in [-0.3, -0.25) is 4.98 Å². The summed E-state index contributed by atoms with van der Waals surface area (Å²) in [5.41, 5.74) is 1.21. The first-order valence-electron chi connectivity index (χ1n) is 7.78. The number of halogens is 1. The molecule has 5 nitrogen and oxygen atoms in total. The minimum absolute atomic E-state index is 0.0850. The van der Waals surface area contributed by atoms with Crippen molar-refractivity contribution >= 4 is 11.7 Å². The van der Waals surface area contributed by atoms with Crippen LogP contribution in [0, 0.1) is 5.82 Å². The topological polar surface area (TPSA) is 54.5 Å². The molecule has 1 aromatic heterocycles. The molecule has 0 saturated heterocycles. The molecule has 2 rings (SSSR count). The number of ether oxygens (including phenoxy) is 1. The number of aromatic nitrogens is 1. The van der Waals surface area contributed by atoms with Crippen LogP contribution in [-0.4, -0.2) is 29.1 Å². The molecule has 0 saturated carbocycles. The molecule has 0 spiro atoms. The van der Waals surface area contributed by atoms with Crippen LogP contribution in [0.5, 0.6) is 5.75 Å². The third-order valence-electron chi connectivity index (χ3n) is 3.61. The van der Waals surface area contributed by atoms with Gasteiger partial charge in [0.05, 0.1) is 17.8 Å². The van der Waals surface area contributed by atoms with E-state index in [2.05, 4.69) is 10.3 Å². The minimum Gasteiger partial charge on any atom is -0.489 e. The molecule has 128 valence electrons. The van der Waals surface area contributed by atoms with Gasteiger partial charge in [-0.2, -0.15) is 0 Å². The maximum Gasteiger partial charge on any atom is 0.322 e. The lowest BCUT2D eigenvalue weighted by atomic mass is 10.1. The van der Waals surface area contributed by atoms with Gasteiger partial charge in [0.1, 0.15) is 11.6 Å². The van der Waals surface area contributed by atoms with Crippen molar-refractivity contribution in [1.29, 1.82) is 0 Å². The van der Waals surface area contributed by atoms with Gasteiger partial charge in [-0.25, -0.2) is 9.18 Å². The molecule has 0 radical (unpaired) electrons. The van der Waals surface area contributed by atoms with Crippen molar-refractivity contribution in [2.75, 3.05) is 12.4 Å². The Hall–Kier alpha value is -2.63. The minimum atomic E-state index is -0.440. The number of carbonyl (C=O) groups is 1. The number of rotatable bonds is 5. The van der Waals surface area contributed by atoms with E-state index in [-0.39, 0.29) is 18.2 Å². The Bertz CT molecular complexity index is 692. The average molecular weight is 331 g/mol. The van der Waals surface area contributed by atoms with Crippen molar-refractivity contribution in [2.45, 2.75) is 32.9 Å². The number of nitrogens with one attached hydrogen (secondary N) is 1. The summed E-state index contributed by atoms with van der Waals surface area (Å²) < 4.78 is 19.1. The maximum absolute atomic E-state index is 13.5. The molecule has 0 unspecified atom stereocenters. The molecule has 0 bridgehead atoms. The smallest absolute Gasteiger partial charge is 0.322 e. The number of hydrogen-bond donors (Lipinski definition) is 1. The van der Waals surface area contributed by atoms with Crippen molar-refractivity contribution in [3.63, 3.8) is 0 Å². The number of urea groups is 1. The van der Waals surface area contributed by atoms with Crippen LogP contribution in [0.25, 0.3) is 0 Å². The van der Waals surface area contributed by atoms with Gasteiger partial charge in [0.2, 0.25) is 0 Å². The summed E-state index contributed by atoms with van der Waals surface area (Å²) in [7, 11) is 1.68. The average Bonchev–Trinajstić information content (AvgIpc) is 2.56. The fraction of sp³-hybridized carbons (Fsp3) is 0.333. The van der Waals surface area contributed by atoms with Gasteiger partial charge in [-0.05, 0) is 44.5 Å². The molecule has 0 fully saturated rings. The molecule has 1 aromatic carbocycles. The lowest BCUT2D eigenvalue weighted by molar-refractivity contribution is 0.207. The third-order valence-corrected chi connectivity index (χ3v) is 3.61. The van der Waals surface area contributed by atoms with Crippen LogP contribution in [-0.2, 0) is 0 Å². The largest absolute Gasteiger partial charge is 0.489 e. The zero-order valence-corrected chi connectivity index (χ0v) is 14.3. The number of benzene rings is 1. The van der Waals surface area contributed by atoms with Gasteiger partial charge >= 0.3 is 6.03 Å². The monoisotopic (exact) mass is 331 g/mol. The second kappa shape index (κ2) is 7.77. The molecular weight excluding hydrogens is 309 g/mol. The summed E-state index contributed by atoms with van der Waals surface area (Å²) in [5.74, 6) is -0.00783. The van der Waals surface area contributed by atoms with Gasteiger partial charge in [-0.15, -0.1) is 0 Å². The van der Waals surface area contributed by atoms with Gasteiger partial charge < -0.3 is 15.0 Å². The molecule has 0 aliphatic rings. The van der Waals surface area contributed by atoms with E-state index in [1.54, 1.807) is 19.4 Å². The van der Waals surface area contributed by atoms with Crippen molar-refractivity contribution in [2.24, 2.45) is 0 Å². The second-order valence-corrected chi connectivity index (χ2v) is 5.81. The molecule has 1 heterocycles. The highest BCUT2D eigenvalue weighted by molar-refractivity contribution is 5.91. The van der Waals surface area contributed by atoms with Crippen molar-refractivity contribution < 1.29 is 13.9 Å². The summed E-state index contributed by atoms with van der Waals surface area (Å²) in [6.07, 6.45) is 3.31. The normalized spacial score (nSPS) is 11.9. The second-order valence-electron chi connectivity index (χ2n) is 5.81. The summed E-state index contributed by atoms with van der Waals surface area (Å²) in [6.45, 7) is 5.63. The predicted octanol–water partition coefficient (Wildman–Crippen LogP) is 4.23. The Kier molecular flexibility index (Phi) is 5.73. The van der Waals surface area contributed by atoms with Crippen LogP contribution in [0.3, 0.4) is 0 Å². The number of pyridine rings is 1. The quantitative estimate of drug-likeness (QED) is 0.892. The van der Waals surface area contributed by atoms with E-state index in [0.29, 0.717) is 11.4 Å². The first-order valence-corrected chi connectivity index (χ1v) is 7.78. The first-order chi connectivity index (χ1) is 11.4. The number of hydrogen-bond acceptors (Lipinski definition) is 3. The molecular formula is C18H22FN3O2. The number of nitrogens with zero attached hydrogens (tertiary/aromatic N) is 2. The summed E-state index contributed by atoms with van der Waals surface area (Å²) in [4.78, 5) is 18.1. The van der Waals surface area contributed by atoms with E-state index < -0.39 is 5.82 Å². The zero-order chi connectivity index (χ0) is 17.7. The van der Waals surface area contributed by atoms with Gasteiger partial charge in [0.15, 0.2) is 0 Å². The highest BCUT2D eigenvalue weighted by Gasteiger charge is 2.19. The standard InChI is InChI=1S/C18H22FN3O2/c1-12(2)24-17-8-7-15(19)10-16(17)21-18(23)22(4)13(3)14-6-5-9-20-11-14/h5-13H,1-4H3,(H,21,23)/t13-/m1/s1. The molecule has 1 atom stereocenters. The van der Waals surface area contributed by atoms with E-state index in [9.17, 15) is 9.18 Å². The van der Waals surface area contributed by atoms with Crippen LogP contribution >= 0.6 is 0 Å². The van der Waals surface area contributed by atoms with Crippen LogP contribution in [0.2, 0.25) is 0 Å². The maximum atomic E-state index is 13.5. The fourth-order valence-electron chi connectivity index (χ4n) is 2.18. The van der Waals surface area contributed by atoms with E-state index in [4.69, 9.17) is 4.74 Å². The Morgan fingerprint density at radius 3 is 2.67 bits per heavy atom. The molecule has 2 amide bonds. The van der Waals surface area contributed by atoms with E-state index in [1.807, 2.05) is 32.9 Å². The molecule has 2 aromatic rings. The summed E-state index contributed by atoms with van der Waals surface area (Å²) in [5, 5.41) is 2.71. The molecule has 0 aliphatic heterocycles. The molecule has 1 N–H and O–H groups in total. The predicted molar refractivity (Wildman–Crippen MR) is 91.6 cm³/mol. The van der Waals surface area contributed by atoms with E-state index in [0.717, 1.165) is 5.56 Å². The molecule has 6 heteroatoms. The Morgan fingerprint density at radius 2 is 2.04 bits per heavy atom. The van der Waals surface area contributed by atoms with E-state index >= 15 is 0 Å². The summed E-state index contributed by atoms with van der Waals surface area (Å²) in [6, 6.07) is 7.24. The summed E-state index contributed by atoms with van der Waals surface area (Å²) >= 11 is 0. The van der Waals surface area contributed by atoms with Crippen LogP contribution in [0.15, 0.2) is 42.7 Å². The fourth-order valence-corrected chi connectivity index (χ4v) is 2.18. The lowest BCUT2D eigenvalue weighted by Gasteiger charge is -2.26. The van der Waals surface area contributed by atoms with Crippen molar-refractivity contribution in [3.05, 3.63) is 54.1 Å². The third kappa shape index (κ3) is 4.44. The van der Waals surface area contributed by atoms with Gasteiger partial charge in [0.25, 0.3) is 0 Å². The molecule has 24 heavy (non-hydrogen) atoms. The number of amides is 2. The molecule has 0 aliphatic carbocycles. The van der Waals surface area contributed by atoms with Crippen LogP contribution in [0.1, 0.15) is 32.4 Å². The van der Waals surface area contributed by atoms with Crippen LogP contribution < -0.4 is 10.1 Å². The SMILES string of the molecule is CC(C)Oc1ccc(F)cc1NC(=O)N(C)[C@H](C)c1cccnc1. The van der Waals surface area contributed by atoms with Gasteiger partial charge in [0, 0.05) is 25.5 Å². The first kappa shape index (κ1) is 17.7. The number of carbonyl (C=O) groups excluding carboxylic acids is 1. The zero-order valence-electron chi connectivity index (χ0n) is 14.3. The Balaban J connectivity index is 2.15. The Morgan fingerprint density at radius 1 is 1.29 bits per heavy atom. The highest BCUT2D eigenvalue weighted by Crippen LogP contribution is 2.27. The van der Waals surface area contributed by atoms with Crippen molar-refractivity contribution in [1.82, 2.24) is 9.88 Å². The van der Waals surface area contributed by atoms with Crippen molar-refractivity contribution in [3.8, 4) is 5.75 Å². The van der Waals surface area contributed by atoms with Gasteiger partial charge in [-0.1, -0.05) is 6.07 Å². The van der Waals surface area contributed by atoms with E-state index in [1.165, 1.54) is 23.1 Å². The number of anilines is 1. The highest BCUT2D eigenvalue weighted by atomic mass is 19.1. The van der Waals surface area contributed by atoms with Crippen LogP contribution in [0.4, 0.5) is 14.9 Å².